The monoisotopic (exact) mass is 180 g/mol. The maximum Gasteiger partial charge on any atom is 0.184 e. The van der Waals surface area contributed by atoms with Gasteiger partial charge in [-0.15, -0.1) is 0 Å². The number of rotatable bonds is 1. The minimum Gasteiger partial charge on any atom is -0.348 e. The Kier molecular flexibility index (Phi) is 2.57. The van der Waals surface area contributed by atoms with Crippen LogP contribution in [0.3, 0.4) is 0 Å². The first-order chi connectivity index (χ1) is 6.36. The number of hydrogen-bond acceptors (Lipinski definition) is 2. The molecular weight excluding hydrogens is 166 g/mol. The molecule has 1 fully saturated rings. The number of pyridine rings is 1. The molecule has 0 bridgehead atoms. The third kappa shape index (κ3) is 2.05. The summed E-state index contributed by atoms with van der Waals surface area (Å²) in [6, 6.07) is 4.05. The van der Waals surface area contributed by atoms with Crippen LogP contribution in [-0.4, -0.2) is 13.2 Å². The van der Waals surface area contributed by atoms with Crippen LogP contribution >= 0.6 is 0 Å². The molecule has 0 N–H and O–H groups in total. The summed E-state index contributed by atoms with van der Waals surface area (Å²) in [5, 5.41) is 0. The SMILES string of the molecule is C[n+]1ccc(C2OCCCO2)cc1. The summed E-state index contributed by atoms with van der Waals surface area (Å²) in [4.78, 5) is 0. The Morgan fingerprint density at radius 2 is 1.85 bits per heavy atom. The van der Waals surface area contributed by atoms with Crippen LogP contribution in [0.4, 0.5) is 0 Å². The van der Waals surface area contributed by atoms with Crippen molar-refractivity contribution in [3.63, 3.8) is 0 Å². The Morgan fingerprint density at radius 1 is 1.23 bits per heavy atom. The molecule has 1 aromatic heterocycles. The lowest BCUT2D eigenvalue weighted by Gasteiger charge is -2.22. The van der Waals surface area contributed by atoms with E-state index in [0.29, 0.717) is 0 Å². The van der Waals surface area contributed by atoms with E-state index in [1.54, 1.807) is 0 Å². The first-order valence-electron chi connectivity index (χ1n) is 4.55. The standard InChI is InChI=1S/C10H14NO2/c1-11-5-3-9(4-6-11)10-12-7-2-8-13-10/h3-6,10H,2,7-8H2,1H3/q+1. The quantitative estimate of drug-likeness (QED) is 0.600. The minimum absolute atomic E-state index is 0.157. The van der Waals surface area contributed by atoms with Crippen molar-refractivity contribution in [3.05, 3.63) is 30.1 Å². The van der Waals surface area contributed by atoms with Gasteiger partial charge in [-0.1, -0.05) is 0 Å². The predicted octanol–water partition coefficient (Wildman–Crippen LogP) is 0.947. The van der Waals surface area contributed by atoms with Gasteiger partial charge in [0.25, 0.3) is 0 Å². The van der Waals surface area contributed by atoms with Crippen molar-refractivity contribution in [1.29, 1.82) is 0 Å². The molecule has 0 saturated carbocycles. The van der Waals surface area contributed by atoms with Gasteiger partial charge in [0.2, 0.25) is 0 Å². The van der Waals surface area contributed by atoms with E-state index < -0.39 is 0 Å². The second kappa shape index (κ2) is 3.85. The molecule has 0 amide bonds. The number of hydrogen-bond donors (Lipinski definition) is 0. The molecule has 1 aromatic rings. The lowest BCUT2D eigenvalue weighted by atomic mass is 10.2. The molecule has 0 radical (unpaired) electrons. The van der Waals surface area contributed by atoms with E-state index in [1.807, 2.05) is 36.1 Å². The highest BCUT2D eigenvalue weighted by molar-refractivity contribution is 5.09. The van der Waals surface area contributed by atoms with Gasteiger partial charge in [0.05, 0.1) is 13.2 Å². The van der Waals surface area contributed by atoms with Gasteiger partial charge >= 0.3 is 0 Å². The smallest absolute Gasteiger partial charge is 0.184 e. The summed E-state index contributed by atoms with van der Waals surface area (Å²) in [5.41, 5.74) is 1.10. The van der Waals surface area contributed by atoms with E-state index in [9.17, 15) is 0 Å². The molecule has 0 atom stereocenters. The Hall–Kier alpha value is -0.930. The summed E-state index contributed by atoms with van der Waals surface area (Å²) >= 11 is 0. The fraction of sp³-hybridized carbons (Fsp3) is 0.500. The number of ether oxygens (including phenoxy) is 2. The molecule has 1 aliphatic rings. The normalized spacial score (nSPS) is 18.8. The molecule has 2 rings (SSSR count). The van der Waals surface area contributed by atoms with Gasteiger partial charge in [0.15, 0.2) is 18.7 Å². The Labute approximate surface area is 77.9 Å². The Bertz CT molecular complexity index is 265. The van der Waals surface area contributed by atoms with Gasteiger partial charge in [-0.2, -0.15) is 0 Å². The largest absolute Gasteiger partial charge is 0.348 e. The average Bonchev–Trinajstić information content (AvgIpc) is 2.20. The third-order valence-electron chi connectivity index (χ3n) is 2.10. The highest BCUT2D eigenvalue weighted by Gasteiger charge is 2.16. The van der Waals surface area contributed by atoms with Crippen LogP contribution in [-0.2, 0) is 16.5 Å². The molecule has 3 heteroatoms. The van der Waals surface area contributed by atoms with Crippen molar-refractivity contribution in [2.75, 3.05) is 13.2 Å². The molecule has 1 aliphatic heterocycles. The van der Waals surface area contributed by atoms with Crippen molar-refractivity contribution < 1.29 is 14.0 Å². The molecule has 70 valence electrons. The summed E-state index contributed by atoms with van der Waals surface area (Å²) < 4.78 is 12.9. The van der Waals surface area contributed by atoms with E-state index in [0.717, 1.165) is 25.2 Å². The third-order valence-corrected chi connectivity index (χ3v) is 2.10. The van der Waals surface area contributed by atoms with E-state index in [2.05, 4.69) is 0 Å². The number of aryl methyl sites for hydroxylation is 1. The van der Waals surface area contributed by atoms with Crippen LogP contribution in [0, 0.1) is 0 Å². The van der Waals surface area contributed by atoms with Crippen LogP contribution in [0.2, 0.25) is 0 Å². The first kappa shape index (κ1) is 8.66. The molecule has 13 heavy (non-hydrogen) atoms. The highest BCUT2D eigenvalue weighted by atomic mass is 16.7. The van der Waals surface area contributed by atoms with E-state index >= 15 is 0 Å². The predicted molar refractivity (Wildman–Crippen MR) is 46.9 cm³/mol. The topological polar surface area (TPSA) is 22.3 Å². The summed E-state index contributed by atoms with van der Waals surface area (Å²) in [6.45, 7) is 1.59. The Morgan fingerprint density at radius 3 is 2.46 bits per heavy atom. The molecule has 2 heterocycles. The van der Waals surface area contributed by atoms with Crippen molar-refractivity contribution in [2.45, 2.75) is 12.7 Å². The molecule has 0 unspecified atom stereocenters. The van der Waals surface area contributed by atoms with Crippen LogP contribution in [0.1, 0.15) is 18.3 Å². The van der Waals surface area contributed by atoms with Gasteiger partial charge in [-0.05, 0) is 6.42 Å². The first-order valence-corrected chi connectivity index (χ1v) is 4.55. The van der Waals surface area contributed by atoms with Crippen LogP contribution in [0.15, 0.2) is 24.5 Å². The van der Waals surface area contributed by atoms with E-state index in [4.69, 9.17) is 9.47 Å². The van der Waals surface area contributed by atoms with Gasteiger partial charge in [0.1, 0.15) is 7.05 Å². The van der Waals surface area contributed by atoms with Crippen molar-refractivity contribution >= 4 is 0 Å². The zero-order valence-corrected chi connectivity index (χ0v) is 7.77. The zero-order chi connectivity index (χ0) is 9.10. The molecule has 0 aromatic carbocycles. The molecule has 1 saturated heterocycles. The lowest BCUT2D eigenvalue weighted by molar-refractivity contribution is -0.671. The lowest BCUT2D eigenvalue weighted by Crippen LogP contribution is -2.27. The molecule has 3 nitrogen and oxygen atoms in total. The minimum atomic E-state index is -0.157. The van der Waals surface area contributed by atoms with Crippen molar-refractivity contribution in [2.24, 2.45) is 7.05 Å². The molecule has 0 spiro atoms. The zero-order valence-electron chi connectivity index (χ0n) is 7.77. The fourth-order valence-electron chi connectivity index (χ4n) is 1.35. The van der Waals surface area contributed by atoms with Gasteiger partial charge in [-0.3, -0.25) is 0 Å². The maximum absolute atomic E-state index is 5.47. The van der Waals surface area contributed by atoms with Crippen LogP contribution in [0.5, 0.6) is 0 Å². The second-order valence-electron chi connectivity index (χ2n) is 3.22. The highest BCUT2D eigenvalue weighted by Crippen LogP contribution is 2.21. The van der Waals surface area contributed by atoms with Gasteiger partial charge < -0.3 is 9.47 Å². The van der Waals surface area contributed by atoms with Crippen LogP contribution in [0.25, 0.3) is 0 Å². The van der Waals surface area contributed by atoms with Crippen molar-refractivity contribution in [3.8, 4) is 0 Å². The van der Waals surface area contributed by atoms with Gasteiger partial charge in [-0.25, -0.2) is 4.57 Å². The second-order valence-corrected chi connectivity index (χ2v) is 3.22. The number of nitrogens with zero attached hydrogens (tertiary/aromatic N) is 1. The van der Waals surface area contributed by atoms with E-state index in [-0.39, 0.29) is 6.29 Å². The number of aromatic nitrogens is 1. The van der Waals surface area contributed by atoms with Gasteiger partial charge in [0, 0.05) is 17.7 Å². The molecular formula is C10H14NO2+. The average molecular weight is 180 g/mol. The summed E-state index contributed by atoms with van der Waals surface area (Å²) in [7, 11) is 1.99. The van der Waals surface area contributed by atoms with Crippen LogP contribution < -0.4 is 4.57 Å². The maximum atomic E-state index is 5.47. The Balaban J connectivity index is 2.10. The fourth-order valence-corrected chi connectivity index (χ4v) is 1.35. The van der Waals surface area contributed by atoms with E-state index in [1.165, 1.54) is 0 Å². The molecule has 0 aliphatic carbocycles. The summed E-state index contributed by atoms with van der Waals surface area (Å²) in [5.74, 6) is 0. The van der Waals surface area contributed by atoms with Crippen molar-refractivity contribution in [1.82, 2.24) is 0 Å². The summed E-state index contributed by atoms with van der Waals surface area (Å²) in [6.07, 6.45) is 4.83.